The average molecular weight is 337 g/mol. The molecule has 0 unspecified atom stereocenters. The van der Waals surface area contributed by atoms with Crippen LogP contribution >= 0.6 is 22.6 Å². The number of aryl methyl sites for hydroxylation is 2. The van der Waals surface area contributed by atoms with Crippen LogP contribution in [0.1, 0.15) is 16.7 Å². The van der Waals surface area contributed by atoms with Gasteiger partial charge in [0.25, 0.3) is 0 Å². The third kappa shape index (κ3) is 3.46. The lowest BCUT2D eigenvalue weighted by molar-refractivity contribution is 1.13. The number of rotatable bonds is 3. The summed E-state index contributed by atoms with van der Waals surface area (Å²) in [5.41, 5.74) is 5.21. The Morgan fingerprint density at radius 2 is 1.82 bits per heavy atom. The molecule has 1 nitrogen and oxygen atoms in total. The summed E-state index contributed by atoms with van der Waals surface area (Å²) >= 11 is 2.33. The molecule has 0 amide bonds. The average Bonchev–Trinajstić information content (AvgIpc) is 2.31. The van der Waals surface area contributed by atoms with Crippen LogP contribution in [0.2, 0.25) is 0 Å². The molecule has 0 aliphatic heterocycles. The van der Waals surface area contributed by atoms with Gasteiger partial charge in [-0.25, -0.2) is 0 Å². The Kier molecular flexibility index (Phi) is 4.05. The Bertz CT molecular complexity index is 520. The first-order chi connectivity index (χ1) is 8.15. The highest BCUT2D eigenvalue weighted by atomic mass is 127. The summed E-state index contributed by atoms with van der Waals surface area (Å²) in [6.45, 7) is 5.18. The summed E-state index contributed by atoms with van der Waals surface area (Å²) in [6.07, 6.45) is 0. The van der Waals surface area contributed by atoms with Crippen LogP contribution in [0.25, 0.3) is 0 Å². The molecule has 0 aliphatic rings. The molecule has 0 saturated heterocycles. The van der Waals surface area contributed by atoms with E-state index in [1.165, 1.54) is 25.9 Å². The van der Waals surface area contributed by atoms with Crippen molar-refractivity contribution in [2.75, 3.05) is 5.32 Å². The number of nitrogens with one attached hydrogen (secondary N) is 1. The van der Waals surface area contributed by atoms with Crippen molar-refractivity contribution in [2.24, 2.45) is 0 Å². The lowest BCUT2D eigenvalue weighted by Crippen LogP contribution is -2.00. The van der Waals surface area contributed by atoms with Gasteiger partial charge in [0.2, 0.25) is 0 Å². The quantitative estimate of drug-likeness (QED) is 0.812. The fourth-order valence-electron chi connectivity index (χ4n) is 1.72. The number of hydrogen-bond acceptors (Lipinski definition) is 1. The van der Waals surface area contributed by atoms with Gasteiger partial charge in [0.1, 0.15) is 0 Å². The van der Waals surface area contributed by atoms with Gasteiger partial charge in [0.05, 0.1) is 0 Å². The van der Waals surface area contributed by atoms with Crippen molar-refractivity contribution in [3.05, 3.63) is 62.7 Å². The second-order valence-corrected chi connectivity index (χ2v) is 5.53. The highest BCUT2D eigenvalue weighted by Gasteiger charge is 1.97. The van der Waals surface area contributed by atoms with Crippen LogP contribution in [0.3, 0.4) is 0 Å². The molecule has 88 valence electrons. The minimum Gasteiger partial charge on any atom is -0.381 e. The highest BCUT2D eigenvalue weighted by molar-refractivity contribution is 14.1. The van der Waals surface area contributed by atoms with Gasteiger partial charge < -0.3 is 5.32 Å². The Labute approximate surface area is 116 Å². The fourth-order valence-corrected chi connectivity index (χ4v) is 2.26. The minimum absolute atomic E-state index is 0.876. The Balaban J connectivity index is 2.05. The summed E-state index contributed by atoms with van der Waals surface area (Å²) in [6, 6.07) is 15.0. The van der Waals surface area contributed by atoms with E-state index in [0.717, 1.165) is 6.54 Å². The zero-order valence-electron chi connectivity index (χ0n) is 10.1. The molecule has 17 heavy (non-hydrogen) atoms. The van der Waals surface area contributed by atoms with Crippen LogP contribution < -0.4 is 5.32 Å². The second kappa shape index (κ2) is 5.54. The van der Waals surface area contributed by atoms with Gasteiger partial charge >= 0.3 is 0 Å². The van der Waals surface area contributed by atoms with Crippen LogP contribution in [0.5, 0.6) is 0 Å². The van der Waals surface area contributed by atoms with Gasteiger partial charge in [-0.1, -0.05) is 24.3 Å². The molecule has 0 bridgehead atoms. The van der Waals surface area contributed by atoms with Crippen LogP contribution in [0.4, 0.5) is 5.69 Å². The van der Waals surface area contributed by atoms with Crippen molar-refractivity contribution in [1.29, 1.82) is 0 Å². The van der Waals surface area contributed by atoms with E-state index in [2.05, 4.69) is 84.2 Å². The van der Waals surface area contributed by atoms with E-state index in [9.17, 15) is 0 Å². The predicted octanol–water partition coefficient (Wildman–Crippen LogP) is 4.52. The monoisotopic (exact) mass is 337 g/mol. The van der Waals surface area contributed by atoms with E-state index in [1.807, 2.05) is 0 Å². The summed E-state index contributed by atoms with van der Waals surface area (Å²) in [5, 5.41) is 3.44. The van der Waals surface area contributed by atoms with Crippen molar-refractivity contribution in [3.63, 3.8) is 0 Å². The van der Waals surface area contributed by atoms with Crippen LogP contribution in [-0.2, 0) is 6.54 Å². The molecule has 0 fully saturated rings. The largest absolute Gasteiger partial charge is 0.381 e. The lowest BCUT2D eigenvalue weighted by Gasteiger charge is -2.08. The van der Waals surface area contributed by atoms with Gasteiger partial charge in [-0.2, -0.15) is 0 Å². The predicted molar refractivity (Wildman–Crippen MR) is 82.4 cm³/mol. The molecular weight excluding hydrogens is 321 g/mol. The van der Waals surface area contributed by atoms with Gasteiger partial charge in [-0.15, -0.1) is 0 Å². The SMILES string of the molecule is Cc1ccc(CNc2cccc(I)c2)cc1C. The third-order valence-electron chi connectivity index (χ3n) is 2.89. The molecule has 0 saturated carbocycles. The van der Waals surface area contributed by atoms with Gasteiger partial charge in [-0.05, 0) is 71.3 Å². The van der Waals surface area contributed by atoms with Gasteiger partial charge in [0.15, 0.2) is 0 Å². The zero-order valence-corrected chi connectivity index (χ0v) is 12.3. The molecule has 0 spiro atoms. The van der Waals surface area contributed by atoms with Gasteiger partial charge in [0, 0.05) is 15.8 Å². The first kappa shape index (κ1) is 12.4. The smallest absolute Gasteiger partial charge is 0.0400 e. The second-order valence-electron chi connectivity index (χ2n) is 4.28. The molecule has 0 aliphatic carbocycles. The number of halogens is 1. The molecule has 0 radical (unpaired) electrons. The Hall–Kier alpha value is -1.03. The first-order valence-corrected chi connectivity index (χ1v) is 6.78. The normalized spacial score (nSPS) is 10.3. The van der Waals surface area contributed by atoms with E-state index in [4.69, 9.17) is 0 Å². The molecule has 0 heterocycles. The maximum atomic E-state index is 3.44. The van der Waals surface area contributed by atoms with Gasteiger partial charge in [-0.3, -0.25) is 0 Å². The van der Waals surface area contributed by atoms with Crippen LogP contribution in [0, 0.1) is 17.4 Å². The number of hydrogen-bond donors (Lipinski definition) is 1. The Morgan fingerprint density at radius 3 is 2.53 bits per heavy atom. The fraction of sp³-hybridized carbons (Fsp3) is 0.200. The van der Waals surface area contributed by atoms with E-state index >= 15 is 0 Å². The lowest BCUT2D eigenvalue weighted by atomic mass is 10.1. The Morgan fingerprint density at radius 1 is 1.00 bits per heavy atom. The standard InChI is InChI=1S/C15H16IN/c1-11-6-7-13(8-12(11)2)10-17-15-5-3-4-14(16)9-15/h3-9,17H,10H2,1-2H3. The number of benzene rings is 2. The molecule has 2 aromatic rings. The van der Waals surface area contributed by atoms with Crippen LogP contribution in [0.15, 0.2) is 42.5 Å². The molecular formula is C15H16IN. The summed E-state index contributed by atoms with van der Waals surface area (Å²) < 4.78 is 1.26. The topological polar surface area (TPSA) is 12.0 Å². The molecule has 2 heteroatoms. The molecule has 2 rings (SSSR count). The van der Waals surface area contributed by atoms with E-state index in [1.54, 1.807) is 0 Å². The molecule has 1 N–H and O–H groups in total. The zero-order chi connectivity index (χ0) is 12.3. The van der Waals surface area contributed by atoms with E-state index in [-0.39, 0.29) is 0 Å². The number of anilines is 1. The van der Waals surface area contributed by atoms with E-state index < -0.39 is 0 Å². The van der Waals surface area contributed by atoms with Crippen molar-refractivity contribution < 1.29 is 0 Å². The molecule has 2 aromatic carbocycles. The summed E-state index contributed by atoms with van der Waals surface area (Å²) in [5.74, 6) is 0. The maximum absolute atomic E-state index is 3.44. The molecule has 0 atom stereocenters. The third-order valence-corrected chi connectivity index (χ3v) is 3.56. The minimum atomic E-state index is 0.876. The van der Waals surface area contributed by atoms with Crippen molar-refractivity contribution in [3.8, 4) is 0 Å². The summed E-state index contributed by atoms with van der Waals surface area (Å²) in [4.78, 5) is 0. The molecule has 0 aromatic heterocycles. The first-order valence-electron chi connectivity index (χ1n) is 5.71. The van der Waals surface area contributed by atoms with E-state index in [0.29, 0.717) is 0 Å². The maximum Gasteiger partial charge on any atom is 0.0400 e. The van der Waals surface area contributed by atoms with Crippen molar-refractivity contribution in [2.45, 2.75) is 20.4 Å². The highest BCUT2D eigenvalue weighted by Crippen LogP contribution is 2.15. The van der Waals surface area contributed by atoms with Crippen molar-refractivity contribution in [1.82, 2.24) is 0 Å². The summed E-state index contributed by atoms with van der Waals surface area (Å²) in [7, 11) is 0. The van der Waals surface area contributed by atoms with Crippen LogP contribution in [-0.4, -0.2) is 0 Å². The van der Waals surface area contributed by atoms with Crippen molar-refractivity contribution >= 4 is 28.3 Å².